The molecule has 1 aromatic heterocycles. The maximum absolute atomic E-state index is 14.0. The average Bonchev–Trinajstić information content (AvgIpc) is 2.56. The van der Waals surface area contributed by atoms with Gasteiger partial charge in [-0.1, -0.05) is 15.9 Å². The summed E-state index contributed by atoms with van der Waals surface area (Å²) in [6.45, 7) is 3.86. The molecule has 1 fully saturated rings. The van der Waals surface area contributed by atoms with Gasteiger partial charge in [0.25, 0.3) is 0 Å². The second kappa shape index (κ2) is 7.75. The summed E-state index contributed by atoms with van der Waals surface area (Å²) in [5.74, 6) is 0.374. The number of alkyl halides is 2. The summed E-state index contributed by atoms with van der Waals surface area (Å²) < 4.78 is 44.3. The van der Waals surface area contributed by atoms with Crippen molar-refractivity contribution in [3.8, 4) is 5.75 Å². The Morgan fingerprint density at radius 3 is 2.79 bits per heavy atom. The third-order valence-electron chi connectivity index (χ3n) is 3.72. The molecule has 152 valence electrons. The Labute approximate surface area is 169 Å². The lowest BCUT2D eigenvalue weighted by atomic mass is 10.2. The molecule has 0 saturated carbocycles. The second-order valence-corrected chi connectivity index (χ2v) is 8.29. The number of nitrogens with zero attached hydrogens (tertiary/aromatic N) is 3. The van der Waals surface area contributed by atoms with E-state index in [2.05, 4.69) is 25.9 Å². The summed E-state index contributed by atoms with van der Waals surface area (Å²) in [6.07, 6.45) is -2.30. The summed E-state index contributed by atoms with van der Waals surface area (Å²) in [4.78, 5) is 21.5. The van der Waals surface area contributed by atoms with Crippen molar-refractivity contribution in [1.82, 2.24) is 14.9 Å². The predicted octanol–water partition coefficient (Wildman–Crippen LogP) is 4.00. The van der Waals surface area contributed by atoms with Crippen molar-refractivity contribution in [2.24, 2.45) is 0 Å². The summed E-state index contributed by atoms with van der Waals surface area (Å²) in [6, 6.07) is 3.44. The van der Waals surface area contributed by atoms with Crippen LogP contribution in [0.3, 0.4) is 0 Å². The molecular formula is C18H20BrF2N3O4. The number of fused-ring (bicyclic) bond motifs is 1. The Balaban J connectivity index is 1.72. The van der Waals surface area contributed by atoms with Gasteiger partial charge in [-0.2, -0.15) is 8.78 Å². The van der Waals surface area contributed by atoms with Gasteiger partial charge in [-0.3, -0.25) is 9.88 Å². The van der Waals surface area contributed by atoms with Crippen molar-refractivity contribution in [3.05, 3.63) is 29.0 Å². The largest absolute Gasteiger partial charge is 0.488 e. The van der Waals surface area contributed by atoms with E-state index in [1.165, 1.54) is 6.20 Å². The lowest BCUT2D eigenvalue weighted by molar-refractivity contribution is -0.295. The number of carbonyl (C=O) groups is 1. The van der Waals surface area contributed by atoms with E-state index in [1.54, 1.807) is 39.1 Å². The number of hydrogen-bond donors (Lipinski definition) is 0. The standard InChI is InChI=1S/C18H20BrF2N3O4/c1-17(2,3)28-16(25)24-8-12(27-18(20,21)10-24)9-26-14-7-11(19)6-13-15(14)23-5-4-22-13/h4-7,12H,8-10H2,1-3H3/t12-/m0/s1. The van der Waals surface area contributed by atoms with Gasteiger partial charge in [-0.25, -0.2) is 9.78 Å². The van der Waals surface area contributed by atoms with Crippen LogP contribution in [-0.4, -0.2) is 58.5 Å². The highest BCUT2D eigenvalue weighted by Crippen LogP contribution is 2.30. The zero-order chi connectivity index (χ0) is 20.5. The number of carbonyl (C=O) groups excluding carboxylic acids is 1. The molecule has 1 saturated heterocycles. The molecule has 28 heavy (non-hydrogen) atoms. The predicted molar refractivity (Wildman–Crippen MR) is 100 cm³/mol. The van der Waals surface area contributed by atoms with Crippen molar-refractivity contribution in [1.29, 1.82) is 0 Å². The number of amides is 1. The van der Waals surface area contributed by atoms with Gasteiger partial charge in [0.2, 0.25) is 0 Å². The molecule has 1 amide bonds. The number of aromatic nitrogens is 2. The van der Waals surface area contributed by atoms with Crippen molar-refractivity contribution in [2.45, 2.75) is 38.6 Å². The van der Waals surface area contributed by atoms with Gasteiger partial charge in [0, 0.05) is 16.9 Å². The molecule has 0 unspecified atom stereocenters. The molecule has 0 bridgehead atoms. The van der Waals surface area contributed by atoms with Gasteiger partial charge in [0.05, 0.1) is 12.1 Å². The first kappa shape index (κ1) is 20.7. The van der Waals surface area contributed by atoms with Crippen molar-refractivity contribution in [2.75, 3.05) is 19.7 Å². The molecule has 0 N–H and O–H groups in total. The van der Waals surface area contributed by atoms with Crippen LogP contribution in [0.4, 0.5) is 13.6 Å². The lowest BCUT2D eigenvalue weighted by Crippen LogP contribution is -2.55. The summed E-state index contributed by atoms with van der Waals surface area (Å²) in [5, 5.41) is 0. The SMILES string of the molecule is CC(C)(C)OC(=O)N1C[C@@H](COc2cc(Br)cc3nccnc23)OC(F)(F)C1. The highest BCUT2D eigenvalue weighted by atomic mass is 79.9. The third-order valence-corrected chi connectivity index (χ3v) is 4.18. The minimum atomic E-state index is -3.50. The lowest BCUT2D eigenvalue weighted by Gasteiger charge is -2.37. The first-order valence-electron chi connectivity index (χ1n) is 8.59. The van der Waals surface area contributed by atoms with Gasteiger partial charge in [-0.15, -0.1) is 0 Å². The number of benzene rings is 1. The summed E-state index contributed by atoms with van der Waals surface area (Å²) in [7, 11) is 0. The van der Waals surface area contributed by atoms with Crippen molar-refractivity contribution >= 4 is 33.1 Å². The van der Waals surface area contributed by atoms with Crippen LogP contribution < -0.4 is 4.74 Å². The van der Waals surface area contributed by atoms with Crippen molar-refractivity contribution < 1.29 is 27.8 Å². The minimum Gasteiger partial charge on any atom is -0.488 e. The Morgan fingerprint density at radius 2 is 2.07 bits per heavy atom. The van der Waals surface area contributed by atoms with E-state index in [9.17, 15) is 13.6 Å². The quantitative estimate of drug-likeness (QED) is 0.690. The van der Waals surface area contributed by atoms with Crippen LogP contribution in [-0.2, 0) is 9.47 Å². The molecule has 0 radical (unpaired) electrons. The molecule has 0 aliphatic carbocycles. The Morgan fingerprint density at radius 1 is 1.36 bits per heavy atom. The molecule has 2 aromatic rings. The minimum absolute atomic E-state index is 0.0812. The smallest absolute Gasteiger partial charge is 0.410 e. The third kappa shape index (κ3) is 5.26. The van der Waals surface area contributed by atoms with Gasteiger partial charge in [0.15, 0.2) is 0 Å². The molecule has 0 spiro atoms. The van der Waals surface area contributed by atoms with Crippen LogP contribution in [0.1, 0.15) is 20.8 Å². The Hall–Kier alpha value is -2.07. The second-order valence-electron chi connectivity index (χ2n) is 7.38. The van der Waals surface area contributed by atoms with E-state index >= 15 is 0 Å². The van der Waals surface area contributed by atoms with E-state index in [0.717, 1.165) is 4.90 Å². The molecule has 1 aromatic carbocycles. The maximum atomic E-state index is 14.0. The van der Waals surface area contributed by atoms with E-state index in [-0.39, 0.29) is 13.2 Å². The molecule has 1 atom stereocenters. The van der Waals surface area contributed by atoms with E-state index < -0.39 is 30.5 Å². The Kier molecular flexibility index (Phi) is 5.72. The number of ether oxygens (including phenoxy) is 3. The number of rotatable bonds is 3. The van der Waals surface area contributed by atoms with Crippen LogP contribution in [0.15, 0.2) is 29.0 Å². The van der Waals surface area contributed by atoms with Crippen LogP contribution in [0.5, 0.6) is 5.75 Å². The summed E-state index contributed by atoms with van der Waals surface area (Å²) >= 11 is 3.36. The summed E-state index contributed by atoms with van der Waals surface area (Å²) in [5.41, 5.74) is 0.305. The fraction of sp³-hybridized carbons (Fsp3) is 0.500. The maximum Gasteiger partial charge on any atom is 0.410 e. The monoisotopic (exact) mass is 459 g/mol. The van der Waals surface area contributed by atoms with Crippen LogP contribution in [0, 0.1) is 0 Å². The Bertz CT molecular complexity index is 876. The number of halogens is 3. The van der Waals surface area contributed by atoms with Gasteiger partial charge in [-0.05, 0) is 32.9 Å². The normalized spacial score (nSPS) is 19.5. The molecule has 10 heteroatoms. The fourth-order valence-electron chi connectivity index (χ4n) is 2.71. The van der Waals surface area contributed by atoms with Gasteiger partial charge in [0.1, 0.15) is 36.1 Å². The van der Waals surface area contributed by atoms with Crippen molar-refractivity contribution in [3.63, 3.8) is 0 Å². The van der Waals surface area contributed by atoms with Crippen LogP contribution in [0.2, 0.25) is 0 Å². The highest BCUT2D eigenvalue weighted by molar-refractivity contribution is 9.10. The van der Waals surface area contributed by atoms with E-state index in [0.29, 0.717) is 21.3 Å². The van der Waals surface area contributed by atoms with Gasteiger partial charge < -0.3 is 14.2 Å². The number of hydrogen-bond acceptors (Lipinski definition) is 6. The molecule has 3 rings (SSSR count). The first-order valence-corrected chi connectivity index (χ1v) is 9.38. The molecule has 1 aliphatic rings. The van der Waals surface area contributed by atoms with Crippen LogP contribution >= 0.6 is 15.9 Å². The van der Waals surface area contributed by atoms with Crippen LogP contribution in [0.25, 0.3) is 11.0 Å². The fourth-order valence-corrected chi connectivity index (χ4v) is 3.13. The molecule has 2 heterocycles. The average molecular weight is 460 g/mol. The first-order chi connectivity index (χ1) is 13.0. The zero-order valence-electron chi connectivity index (χ0n) is 15.6. The van der Waals surface area contributed by atoms with E-state index in [1.807, 2.05) is 0 Å². The van der Waals surface area contributed by atoms with E-state index in [4.69, 9.17) is 14.2 Å². The molecule has 7 nitrogen and oxygen atoms in total. The molecule has 1 aliphatic heterocycles. The number of morpholine rings is 1. The topological polar surface area (TPSA) is 73.8 Å². The van der Waals surface area contributed by atoms with Gasteiger partial charge >= 0.3 is 12.2 Å². The zero-order valence-corrected chi connectivity index (χ0v) is 17.2. The molecular weight excluding hydrogens is 440 g/mol. The highest BCUT2D eigenvalue weighted by Gasteiger charge is 2.44.